The number of rotatable bonds is 8. The minimum Gasteiger partial charge on any atom is -0.482 e. The highest BCUT2D eigenvalue weighted by molar-refractivity contribution is 6.32. The Balaban J connectivity index is 2.21. The molecule has 0 fully saturated rings. The van der Waals surface area contributed by atoms with Crippen molar-refractivity contribution in [2.75, 3.05) is 6.61 Å². The molecule has 6 heteroatoms. The molecule has 0 aliphatic heterocycles. The van der Waals surface area contributed by atoms with Gasteiger partial charge in [-0.3, -0.25) is 9.59 Å². The standard InChI is InChI=1S/C23H29ClN2O3/c1-5-19(22(28)25-23(2,3)4)26(15-17-11-7-6-8-12-17)21(27)16-29-20-14-10-9-13-18(20)24/h6-14,19H,5,15-16H2,1-4H3,(H,25,28). The summed E-state index contributed by atoms with van der Waals surface area (Å²) in [6.45, 7) is 7.77. The van der Waals surface area contributed by atoms with Gasteiger partial charge in [0.25, 0.3) is 5.91 Å². The molecule has 5 nitrogen and oxygen atoms in total. The van der Waals surface area contributed by atoms with Crippen molar-refractivity contribution in [1.29, 1.82) is 0 Å². The van der Waals surface area contributed by atoms with Crippen LogP contribution in [0.15, 0.2) is 54.6 Å². The molecule has 0 radical (unpaired) electrons. The number of nitrogens with zero attached hydrogens (tertiary/aromatic N) is 1. The molecule has 1 N–H and O–H groups in total. The molecule has 156 valence electrons. The number of carbonyl (C=O) groups is 2. The van der Waals surface area contributed by atoms with Crippen LogP contribution < -0.4 is 10.1 Å². The number of para-hydroxylation sites is 1. The normalized spacial score (nSPS) is 12.2. The van der Waals surface area contributed by atoms with E-state index in [0.29, 0.717) is 23.7 Å². The predicted octanol–water partition coefficient (Wildman–Crippen LogP) is 4.44. The molecule has 29 heavy (non-hydrogen) atoms. The Morgan fingerprint density at radius 3 is 2.28 bits per heavy atom. The summed E-state index contributed by atoms with van der Waals surface area (Å²) in [6, 6.07) is 16.0. The second kappa shape index (κ2) is 10.3. The van der Waals surface area contributed by atoms with Gasteiger partial charge in [0, 0.05) is 12.1 Å². The van der Waals surface area contributed by atoms with Gasteiger partial charge in [0.15, 0.2) is 6.61 Å². The van der Waals surface area contributed by atoms with Crippen molar-refractivity contribution in [1.82, 2.24) is 10.2 Å². The van der Waals surface area contributed by atoms with Crippen LogP contribution in [0, 0.1) is 0 Å². The first-order chi connectivity index (χ1) is 13.7. The molecule has 0 bridgehead atoms. The second-order valence-corrected chi connectivity index (χ2v) is 8.30. The van der Waals surface area contributed by atoms with Gasteiger partial charge in [-0.1, -0.05) is 61.0 Å². The summed E-state index contributed by atoms with van der Waals surface area (Å²) in [4.78, 5) is 27.5. The van der Waals surface area contributed by atoms with Crippen LogP contribution in [0.25, 0.3) is 0 Å². The molecule has 0 aliphatic carbocycles. The Morgan fingerprint density at radius 1 is 1.07 bits per heavy atom. The molecule has 0 aliphatic rings. The lowest BCUT2D eigenvalue weighted by atomic mass is 10.1. The Hall–Kier alpha value is -2.53. The molecule has 1 atom stereocenters. The summed E-state index contributed by atoms with van der Waals surface area (Å²) >= 11 is 6.12. The minimum atomic E-state index is -0.600. The number of nitrogens with one attached hydrogen (secondary N) is 1. The lowest BCUT2D eigenvalue weighted by Gasteiger charge is -2.33. The van der Waals surface area contributed by atoms with Crippen LogP contribution >= 0.6 is 11.6 Å². The summed E-state index contributed by atoms with van der Waals surface area (Å²) < 4.78 is 5.64. The third-order valence-electron chi connectivity index (χ3n) is 4.27. The van der Waals surface area contributed by atoms with Crippen molar-refractivity contribution < 1.29 is 14.3 Å². The molecule has 0 saturated heterocycles. The third-order valence-corrected chi connectivity index (χ3v) is 4.58. The molecule has 0 spiro atoms. The average molecular weight is 417 g/mol. The van der Waals surface area contributed by atoms with Crippen LogP contribution in [0.5, 0.6) is 5.75 Å². The molecule has 2 aromatic rings. The summed E-state index contributed by atoms with van der Waals surface area (Å²) in [5.74, 6) is -0.0129. The number of carbonyl (C=O) groups excluding carboxylic acids is 2. The summed E-state index contributed by atoms with van der Waals surface area (Å²) in [5, 5.41) is 3.42. The van der Waals surface area contributed by atoms with E-state index in [-0.39, 0.29) is 24.0 Å². The van der Waals surface area contributed by atoms with Crippen LogP contribution in [-0.2, 0) is 16.1 Å². The van der Waals surface area contributed by atoms with Crippen molar-refractivity contribution >= 4 is 23.4 Å². The fourth-order valence-corrected chi connectivity index (χ4v) is 3.13. The van der Waals surface area contributed by atoms with E-state index in [1.165, 1.54) is 0 Å². The average Bonchev–Trinajstić information content (AvgIpc) is 2.66. The molecule has 0 saturated carbocycles. The summed E-state index contributed by atoms with van der Waals surface area (Å²) in [6.07, 6.45) is 0.493. The minimum absolute atomic E-state index is 0.179. The molecular formula is C23H29ClN2O3. The Kier molecular flexibility index (Phi) is 8.09. The fourth-order valence-electron chi connectivity index (χ4n) is 2.94. The summed E-state index contributed by atoms with van der Waals surface area (Å²) in [7, 11) is 0. The lowest BCUT2D eigenvalue weighted by molar-refractivity contribution is -0.143. The first-order valence-corrected chi connectivity index (χ1v) is 10.1. The Morgan fingerprint density at radius 2 is 1.69 bits per heavy atom. The number of amides is 2. The van der Waals surface area contributed by atoms with Crippen molar-refractivity contribution in [3.05, 3.63) is 65.2 Å². The van der Waals surface area contributed by atoms with E-state index in [0.717, 1.165) is 5.56 Å². The van der Waals surface area contributed by atoms with Gasteiger partial charge in [-0.2, -0.15) is 0 Å². The van der Waals surface area contributed by atoms with E-state index >= 15 is 0 Å². The molecule has 2 amide bonds. The zero-order valence-corrected chi connectivity index (χ0v) is 18.2. The van der Waals surface area contributed by atoms with Crippen molar-refractivity contribution in [3.8, 4) is 5.75 Å². The molecule has 2 aromatic carbocycles. The third kappa shape index (κ3) is 7.09. The van der Waals surface area contributed by atoms with E-state index < -0.39 is 6.04 Å². The zero-order chi connectivity index (χ0) is 21.4. The van der Waals surface area contributed by atoms with Crippen LogP contribution in [0.4, 0.5) is 0 Å². The van der Waals surface area contributed by atoms with Crippen molar-refractivity contribution in [3.63, 3.8) is 0 Å². The van der Waals surface area contributed by atoms with Gasteiger partial charge in [0.1, 0.15) is 11.8 Å². The monoisotopic (exact) mass is 416 g/mol. The topological polar surface area (TPSA) is 58.6 Å². The number of hydrogen-bond donors (Lipinski definition) is 1. The van der Waals surface area contributed by atoms with Gasteiger partial charge in [-0.05, 0) is 44.9 Å². The number of ether oxygens (including phenoxy) is 1. The maximum absolute atomic E-state index is 13.1. The lowest BCUT2D eigenvalue weighted by Crippen LogP contribution is -2.54. The molecule has 0 heterocycles. The molecule has 2 rings (SSSR count). The highest BCUT2D eigenvalue weighted by Gasteiger charge is 2.30. The van der Waals surface area contributed by atoms with Gasteiger partial charge in [-0.15, -0.1) is 0 Å². The number of halogens is 1. The summed E-state index contributed by atoms with van der Waals surface area (Å²) in [5.41, 5.74) is 0.556. The van der Waals surface area contributed by atoms with Gasteiger partial charge in [0.05, 0.1) is 5.02 Å². The van der Waals surface area contributed by atoms with Gasteiger partial charge in [-0.25, -0.2) is 0 Å². The first-order valence-electron chi connectivity index (χ1n) is 9.74. The van der Waals surface area contributed by atoms with Gasteiger partial charge in [0.2, 0.25) is 5.91 Å². The fraction of sp³-hybridized carbons (Fsp3) is 0.391. The number of hydrogen-bond acceptors (Lipinski definition) is 3. The highest BCUT2D eigenvalue weighted by atomic mass is 35.5. The SMILES string of the molecule is CCC(C(=O)NC(C)(C)C)N(Cc1ccccc1)C(=O)COc1ccccc1Cl. The van der Waals surface area contributed by atoms with Crippen LogP contribution in [-0.4, -0.2) is 34.9 Å². The predicted molar refractivity (Wildman–Crippen MR) is 116 cm³/mol. The molecule has 1 unspecified atom stereocenters. The van der Waals surface area contributed by atoms with Gasteiger partial charge >= 0.3 is 0 Å². The van der Waals surface area contributed by atoms with Crippen LogP contribution in [0.2, 0.25) is 5.02 Å². The Labute approximate surface area is 178 Å². The largest absolute Gasteiger partial charge is 0.482 e. The maximum atomic E-state index is 13.1. The highest BCUT2D eigenvalue weighted by Crippen LogP contribution is 2.23. The van der Waals surface area contributed by atoms with E-state index in [4.69, 9.17) is 16.3 Å². The van der Waals surface area contributed by atoms with Crippen LogP contribution in [0.3, 0.4) is 0 Å². The molecule has 0 aromatic heterocycles. The van der Waals surface area contributed by atoms with Gasteiger partial charge < -0.3 is 15.0 Å². The van der Waals surface area contributed by atoms with Crippen molar-refractivity contribution in [2.45, 2.75) is 52.2 Å². The quantitative estimate of drug-likeness (QED) is 0.692. The van der Waals surface area contributed by atoms with E-state index in [2.05, 4.69) is 5.32 Å². The van der Waals surface area contributed by atoms with E-state index in [9.17, 15) is 9.59 Å². The number of benzene rings is 2. The Bertz CT molecular complexity index is 818. The van der Waals surface area contributed by atoms with Crippen molar-refractivity contribution in [2.24, 2.45) is 0 Å². The van der Waals surface area contributed by atoms with Crippen LogP contribution in [0.1, 0.15) is 39.7 Å². The second-order valence-electron chi connectivity index (χ2n) is 7.89. The van der Waals surface area contributed by atoms with E-state index in [1.54, 1.807) is 29.2 Å². The smallest absolute Gasteiger partial charge is 0.261 e. The maximum Gasteiger partial charge on any atom is 0.261 e. The molecular weight excluding hydrogens is 388 g/mol. The zero-order valence-electron chi connectivity index (χ0n) is 17.4. The first kappa shape index (κ1) is 22.8. The van der Waals surface area contributed by atoms with E-state index in [1.807, 2.05) is 58.0 Å².